The summed E-state index contributed by atoms with van der Waals surface area (Å²) in [7, 11) is -3.99. The molecule has 0 radical (unpaired) electrons. The number of benzene rings is 4. The second-order valence-electron chi connectivity index (χ2n) is 9.45. The van der Waals surface area contributed by atoms with E-state index in [9.17, 15) is 18.0 Å². The summed E-state index contributed by atoms with van der Waals surface area (Å²) < 4.78 is 30.1. The van der Waals surface area contributed by atoms with Gasteiger partial charge in [-0.05, 0) is 60.2 Å². The Labute approximate surface area is 242 Å². The van der Waals surface area contributed by atoms with Crippen molar-refractivity contribution in [3.05, 3.63) is 130 Å². The number of carbonyl (C=O) groups is 2. The molecule has 9 heteroatoms. The molecular formula is C31H28BrN3O4S. The highest BCUT2D eigenvalue weighted by Crippen LogP contribution is 2.27. The first-order valence-electron chi connectivity index (χ1n) is 12.9. The van der Waals surface area contributed by atoms with Crippen molar-refractivity contribution in [2.45, 2.75) is 11.4 Å². The summed E-state index contributed by atoms with van der Waals surface area (Å²) in [5.41, 5.74) is 2.27. The van der Waals surface area contributed by atoms with Gasteiger partial charge in [-0.15, -0.1) is 0 Å². The van der Waals surface area contributed by atoms with Crippen LogP contribution < -0.4 is 4.31 Å². The largest absolute Gasteiger partial charge is 0.335 e. The van der Waals surface area contributed by atoms with Crippen LogP contribution in [0.5, 0.6) is 0 Å². The highest BCUT2D eigenvalue weighted by Gasteiger charge is 2.29. The second kappa shape index (κ2) is 12.1. The van der Waals surface area contributed by atoms with E-state index in [0.29, 0.717) is 43.0 Å². The predicted molar refractivity (Wildman–Crippen MR) is 159 cm³/mol. The molecule has 7 nitrogen and oxygen atoms in total. The maximum absolute atomic E-state index is 13.9. The maximum atomic E-state index is 13.9. The molecule has 5 rings (SSSR count). The van der Waals surface area contributed by atoms with Gasteiger partial charge in [-0.1, -0.05) is 70.5 Å². The van der Waals surface area contributed by atoms with Gasteiger partial charge in [-0.3, -0.25) is 13.9 Å². The molecule has 0 atom stereocenters. The molecule has 4 aromatic carbocycles. The number of piperazine rings is 1. The van der Waals surface area contributed by atoms with Crippen molar-refractivity contribution in [2.24, 2.45) is 0 Å². The van der Waals surface area contributed by atoms with Crippen LogP contribution in [-0.4, -0.2) is 56.2 Å². The Morgan fingerprint density at radius 3 is 1.82 bits per heavy atom. The predicted octanol–water partition coefficient (Wildman–Crippen LogP) is 5.44. The molecule has 0 bridgehead atoms. The molecule has 2 amide bonds. The molecule has 1 fully saturated rings. The molecule has 0 unspecified atom stereocenters. The smallest absolute Gasteiger partial charge is 0.264 e. The molecule has 0 N–H and O–H groups in total. The van der Waals surface area contributed by atoms with Gasteiger partial charge in [0, 0.05) is 41.8 Å². The fourth-order valence-corrected chi connectivity index (χ4v) is 6.41. The van der Waals surface area contributed by atoms with Crippen LogP contribution in [-0.2, 0) is 16.6 Å². The summed E-state index contributed by atoms with van der Waals surface area (Å²) in [6.07, 6.45) is 0. The number of nitrogens with zero attached hydrogens (tertiary/aromatic N) is 3. The van der Waals surface area contributed by atoms with Crippen molar-refractivity contribution in [1.82, 2.24) is 9.80 Å². The number of hydrogen-bond acceptors (Lipinski definition) is 4. The first-order chi connectivity index (χ1) is 19.3. The molecule has 1 aliphatic heterocycles. The van der Waals surface area contributed by atoms with E-state index >= 15 is 0 Å². The van der Waals surface area contributed by atoms with Crippen LogP contribution in [0.1, 0.15) is 26.3 Å². The summed E-state index contributed by atoms with van der Waals surface area (Å²) in [5, 5.41) is 0. The Morgan fingerprint density at radius 1 is 0.675 bits per heavy atom. The third kappa shape index (κ3) is 6.11. The molecule has 0 saturated carbocycles. The minimum atomic E-state index is -3.99. The highest BCUT2D eigenvalue weighted by molar-refractivity contribution is 9.10. The van der Waals surface area contributed by atoms with Gasteiger partial charge in [0.2, 0.25) is 0 Å². The number of amides is 2. The topological polar surface area (TPSA) is 78.0 Å². The Morgan fingerprint density at radius 2 is 1.23 bits per heavy atom. The van der Waals surface area contributed by atoms with E-state index < -0.39 is 10.0 Å². The Kier molecular flexibility index (Phi) is 8.32. The lowest BCUT2D eigenvalue weighted by Gasteiger charge is -2.35. The number of carbonyl (C=O) groups excluding carboxylic acids is 2. The Bertz CT molecular complexity index is 1590. The molecule has 0 spiro atoms. The molecule has 40 heavy (non-hydrogen) atoms. The zero-order chi connectivity index (χ0) is 28.1. The molecule has 0 aliphatic carbocycles. The third-order valence-corrected chi connectivity index (χ3v) is 9.13. The number of hydrogen-bond donors (Lipinski definition) is 0. The van der Waals surface area contributed by atoms with E-state index in [0.717, 1.165) is 10.0 Å². The quantitative estimate of drug-likeness (QED) is 0.276. The van der Waals surface area contributed by atoms with Gasteiger partial charge in [-0.25, -0.2) is 8.42 Å². The minimum Gasteiger partial charge on any atom is -0.335 e. The zero-order valence-electron chi connectivity index (χ0n) is 21.7. The van der Waals surface area contributed by atoms with Crippen molar-refractivity contribution in [2.75, 3.05) is 30.5 Å². The van der Waals surface area contributed by atoms with Gasteiger partial charge in [0.15, 0.2) is 0 Å². The molecule has 4 aromatic rings. The molecule has 204 valence electrons. The highest BCUT2D eigenvalue weighted by atomic mass is 79.9. The average molecular weight is 619 g/mol. The minimum absolute atomic E-state index is 0.0437. The van der Waals surface area contributed by atoms with E-state index in [1.165, 1.54) is 16.4 Å². The van der Waals surface area contributed by atoms with Gasteiger partial charge in [0.1, 0.15) is 0 Å². The standard InChI is InChI=1S/C31H28BrN3O4S/c32-27-16-14-25(15-17-27)30(36)33-18-20-34(21-19-33)31(37)26-10-7-13-29(22-26)40(38,39)35(28-11-5-2-6-12-28)23-24-8-3-1-4-9-24/h1-17,22H,18-21,23H2. The molecule has 1 aliphatic rings. The summed E-state index contributed by atoms with van der Waals surface area (Å²) in [6.45, 7) is 1.68. The van der Waals surface area contributed by atoms with Crippen LogP contribution in [0.3, 0.4) is 0 Å². The van der Waals surface area contributed by atoms with E-state index in [4.69, 9.17) is 0 Å². The van der Waals surface area contributed by atoms with Crippen molar-refractivity contribution in [3.8, 4) is 0 Å². The fourth-order valence-electron chi connectivity index (χ4n) is 4.65. The van der Waals surface area contributed by atoms with E-state index in [2.05, 4.69) is 15.9 Å². The van der Waals surface area contributed by atoms with Gasteiger partial charge < -0.3 is 9.80 Å². The Hall–Kier alpha value is -3.95. The molecule has 1 heterocycles. The van der Waals surface area contributed by atoms with Crippen molar-refractivity contribution in [1.29, 1.82) is 0 Å². The van der Waals surface area contributed by atoms with Gasteiger partial charge in [0.25, 0.3) is 21.8 Å². The van der Waals surface area contributed by atoms with Crippen molar-refractivity contribution in [3.63, 3.8) is 0 Å². The van der Waals surface area contributed by atoms with Crippen molar-refractivity contribution >= 4 is 43.5 Å². The SMILES string of the molecule is O=C(c1ccc(Br)cc1)N1CCN(C(=O)c2cccc(S(=O)(=O)N(Cc3ccccc3)c3ccccc3)c2)CC1. The lowest BCUT2D eigenvalue weighted by molar-refractivity contribution is 0.0535. The molecule has 1 saturated heterocycles. The summed E-state index contributed by atoms with van der Waals surface area (Å²) in [5.74, 6) is -0.339. The first-order valence-corrected chi connectivity index (χ1v) is 15.1. The monoisotopic (exact) mass is 617 g/mol. The van der Waals surface area contributed by atoms with E-state index in [1.54, 1.807) is 58.3 Å². The van der Waals surface area contributed by atoms with Gasteiger partial charge in [-0.2, -0.15) is 0 Å². The van der Waals surface area contributed by atoms with Crippen molar-refractivity contribution < 1.29 is 18.0 Å². The molecule has 0 aromatic heterocycles. The number of para-hydroxylation sites is 1. The average Bonchev–Trinajstić information content (AvgIpc) is 3.00. The summed E-state index contributed by atoms with van der Waals surface area (Å²) >= 11 is 3.38. The van der Waals surface area contributed by atoms with Crippen LogP contribution in [0, 0.1) is 0 Å². The van der Waals surface area contributed by atoms with E-state index in [-0.39, 0.29) is 23.3 Å². The van der Waals surface area contributed by atoms with E-state index in [1.807, 2.05) is 48.5 Å². The lowest BCUT2D eigenvalue weighted by Crippen LogP contribution is -2.50. The Balaban J connectivity index is 1.33. The van der Waals surface area contributed by atoms with Crippen LogP contribution in [0.15, 0.2) is 119 Å². The zero-order valence-corrected chi connectivity index (χ0v) is 24.1. The first kappa shape index (κ1) is 27.6. The molecular weight excluding hydrogens is 590 g/mol. The fraction of sp³-hybridized carbons (Fsp3) is 0.161. The van der Waals surface area contributed by atoms with Crippen LogP contribution in [0.25, 0.3) is 0 Å². The third-order valence-electron chi connectivity index (χ3n) is 6.83. The van der Waals surface area contributed by atoms with Crippen LogP contribution >= 0.6 is 15.9 Å². The van der Waals surface area contributed by atoms with Crippen LogP contribution in [0.2, 0.25) is 0 Å². The second-order valence-corrected chi connectivity index (χ2v) is 12.2. The normalized spacial score (nSPS) is 13.6. The summed E-state index contributed by atoms with van der Waals surface area (Å²) in [4.78, 5) is 29.7. The number of anilines is 1. The van der Waals surface area contributed by atoms with Gasteiger partial charge >= 0.3 is 0 Å². The van der Waals surface area contributed by atoms with Crippen LogP contribution in [0.4, 0.5) is 5.69 Å². The van der Waals surface area contributed by atoms with Gasteiger partial charge in [0.05, 0.1) is 17.1 Å². The number of rotatable bonds is 7. The number of halogens is 1. The summed E-state index contributed by atoms with van der Waals surface area (Å²) in [6, 6.07) is 31.7. The number of sulfonamides is 1. The lowest BCUT2D eigenvalue weighted by atomic mass is 10.1. The maximum Gasteiger partial charge on any atom is 0.264 e.